The third-order valence-electron chi connectivity index (χ3n) is 3.67. The molecule has 1 saturated carbocycles. The molecule has 0 heterocycles. The van der Waals surface area contributed by atoms with E-state index < -0.39 is 10.0 Å². The highest BCUT2D eigenvalue weighted by Gasteiger charge is 2.25. The van der Waals surface area contributed by atoms with Crippen LogP contribution in [0.15, 0.2) is 0 Å². The van der Waals surface area contributed by atoms with Crippen LogP contribution in [0.4, 0.5) is 0 Å². The minimum Gasteiger partial charge on any atom is -0.313 e. The summed E-state index contributed by atoms with van der Waals surface area (Å²) in [6.45, 7) is 8.01. The molecule has 0 aromatic rings. The predicted molar refractivity (Wildman–Crippen MR) is 79.8 cm³/mol. The molecule has 1 aliphatic rings. The van der Waals surface area contributed by atoms with E-state index in [1.807, 2.05) is 0 Å². The summed E-state index contributed by atoms with van der Waals surface area (Å²) in [5.74, 6) is 0. The van der Waals surface area contributed by atoms with Crippen LogP contribution in [0.5, 0.6) is 0 Å². The van der Waals surface area contributed by atoms with Gasteiger partial charge in [0.1, 0.15) is 0 Å². The Bertz CT molecular complexity index is 353. The van der Waals surface area contributed by atoms with Crippen LogP contribution in [0.25, 0.3) is 0 Å². The van der Waals surface area contributed by atoms with Crippen molar-refractivity contribution in [1.29, 1.82) is 0 Å². The lowest BCUT2D eigenvalue weighted by Crippen LogP contribution is -2.40. The van der Waals surface area contributed by atoms with Crippen LogP contribution in [0.2, 0.25) is 0 Å². The first-order chi connectivity index (χ1) is 8.83. The molecule has 0 aromatic carbocycles. The van der Waals surface area contributed by atoms with Crippen molar-refractivity contribution < 1.29 is 8.42 Å². The zero-order valence-electron chi connectivity index (χ0n) is 12.6. The van der Waals surface area contributed by atoms with Gasteiger partial charge in [-0.2, -0.15) is 0 Å². The molecule has 19 heavy (non-hydrogen) atoms. The predicted octanol–water partition coefficient (Wildman–Crippen LogP) is 0.777. The van der Waals surface area contributed by atoms with Gasteiger partial charge >= 0.3 is 0 Å². The maximum absolute atomic E-state index is 12.0. The van der Waals surface area contributed by atoms with E-state index in [1.54, 1.807) is 6.92 Å². The fourth-order valence-electron chi connectivity index (χ4n) is 1.67. The summed E-state index contributed by atoms with van der Waals surface area (Å²) < 4.78 is 26.7. The topological polar surface area (TPSA) is 61.4 Å². The molecule has 6 heteroatoms. The van der Waals surface area contributed by atoms with Crippen LogP contribution in [0.3, 0.4) is 0 Å². The quantitative estimate of drug-likeness (QED) is 0.584. The highest BCUT2D eigenvalue weighted by molar-refractivity contribution is 7.90. The summed E-state index contributed by atoms with van der Waals surface area (Å²) in [6, 6.07) is 1.05. The molecular weight excluding hydrogens is 262 g/mol. The van der Waals surface area contributed by atoms with Crippen molar-refractivity contribution in [2.24, 2.45) is 0 Å². The van der Waals surface area contributed by atoms with Crippen LogP contribution in [0, 0.1) is 0 Å². The van der Waals surface area contributed by atoms with Crippen molar-refractivity contribution in [3.63, 3.8) is 0 Å². The van der Waals surface area contributed by atoms with Crippen LogP contribution >= 0.6 is 0 Å². The molecule has 114 valence electrons. The highest BCUT2D eigenvalue weighted by atomic mass is 32.2. The Balaban J connectivity index is 2.17. The van der Waals surface area contributed by atoms with Gasteiger partial charge in [-0.25, -0.2) is 13.1 Å². The Morgan fingerprint density at radius 3 is 2.42 bits per heavy atom. The zero-order chi connectivity index (χ0) is 14.5. The number of rotatable bonds is 10. The molecule has 1 fully saturated rings. The minimum absolute atomic E-state index is 0.365. The van der Waals surface area contributed by atoms with E-state index in [9.17, 15) is 8.42 Å². The minimum atomic E-state index is -3.18. The summed E-state index contributed by atoms with van der Waals surface area (Å²) >= 11 is 0. The van der Waals surface area contributed by atoms with Gasteiger partial charge in [0.05, 0.1) is 5.25 Å². The lowest BCUT2D eigenvalue weighted by atomic mass is 10.3. The standard InChI is InChI=1S/C13H29N3O2S/c1-11(2)16(4)9-5-8-15-19(17,18)12(3)10-14-13-6-7-13/h11-15H,5-10H2,1-4H3. The van der Waals surface area contributed by atoms with E-state index in [2.05, 4.69) is 35.8 Å². The fraction of sp³-hybridized carbons (Fsp3) is 1.00. The van der Waals surface area contributed by atoms with Crippen molar-refractivity contribution in [2.75, 3.05) is 26.7 Å². The van der Waals surface area contributed by atoms with E-state index >= 15 is 0 Å². The lowest BCUT2D eigenvalue weighted by molar-refractivity contribution is 0.271. The smallest absolute Gasteiger partial charge is 0.215 e. The molecule has 0 amide bonds. The van der Waals surface area contributed by atoms with Crippen molar-refractivity contribution in [2.45, 2.75) is 57.4 Å². The van der Waals surface area contributed by atoms with Gasteiger partial charge in [0.2, 0.25) is 10.0 Å². The summed E-state index contributed by atoms with van der Waals surface area (Å²) in [6.07, 6.45) is 3.21. The van der Waals surface area contributed by atoms with Crippen LogP contribution in [-0.2, 0) is 10.0 Å². The largest absolute Gasteiger partial charge is 0.313 e. The maximum atomic E-state index is 12.0. The molecule has 0 spiro atoms. The molecule has 5 nitrogen and oxygen atoms in total. The van der Waals surface area contributed by atoms with Gasteiger partial charge in [0, 0.05) is 25.2 Å². The molecule has 1 rings (SSSR count). The van der Waals surface area contributed by atoms with Crippen LogP contribution < -0.4 is 10.0 Å². The summed E-state index contributed by atoms with van der Waals surface area (Å²) in [7, 11) is -1.12. The van der Waals surface area contributed by atoms with Gasteiger partial charge in [0.15, 0.2) is 0 Å². The first-order valence-corrected chi connectivity index (χ1v) is 8.79. The molecule has 1 atom stereocenters. The molecule has 1 aliphatic carbocycles. The van der Waals surface area contributed by atoms with Gasteiger partial charge in [-0.3, -0.25) is 0 Å². The Morgan fingerprint density at radius 1 is 1.26 bits per heavy atom. The summed E-state index contributed by atoms with van der Waals surface area (Å²) in [5.41, 5.74) is 0. The van der Waals surface area contributed by atoms with Crippen LogP contribution in [-0.4, -0.2) is 57.3 Å². The second kappa shape index (κ2) is 7.57. The maximum Gasteiger partial charge on any atom is 0.215 e. The third-order valence-corrected chi connectivity index (χ3v) is 5.51. The molecule has 0 bridgehead atoms. The van der Waals surface area contributed by atoms with E-state index in [0.717, 1.165) is 13.0 Å². The van der Waals surface area contributed by atoms with E-state index in [0.29, 0.717) is 25.2 Å². The summed E-state index contributed by atoms with van der Waals surface area (Å²) in [4.78, 5) is 2.21. The number of nitrogens with one attached hydrogen (secondary N) is 2. The van der Waals surface area contributed by atoms with Gasteiger partial charge < -0.3 is 10.2 Å². The molecule has 0 saturated heterocycles. The van der Waals surface area contributed by atoms with Crippen molar-refractivity contribution in [3.05, 3.63) is 0 Å². The normalized spacial score (nSPS) is 18.2. The first-order valence-electron chi connectivity index (χ1n) is 7.25. The van der Waals surface area contributed by atoms with Gasteiger partial charge in [0.25, 0.3) is 0 Å². The van der Waals surface area contributed by atoms with Crippen LogP contribution in [0.1, 0.15) is 40.0 Å². The molecule has 1 unspecified atom stereocenters. The molecule has 0 aromatic heterocycles. The summed E-state index contributed by atoms with van der Waals surface area (Å²) in [5, 5.41) is 2.89. The Hall–Kier alpha value is -0.170. The molecule has 0 radical (unpaired) electrons. The monoisotopic (exact) mass is 291 g/mol. The Morgan fingerprint density at radius 2 is 1.89 bits per heavy atom. The van der Waals surface area contributed by atoms with Gasteiger partial charge in [-0.15, -0.1) is 0 Å². The third kappa shape index (κ3) is 6.70. The van der Waals surface area contributed by atoms with Gasteiger partial charge in [-0.05, 0) is 53.6 Å². The SMILES string of the molecule is CC(C)N(C)CCCNS(=O)(=O)C(C)CNC1CC1. The van der Waals surface area contributed by atoms with Crippen molar-refractivity contribution in [1.82, 2.24) is 14.9 Å². The number of nitrogens with zero attached hydrogens (tertiary/aromatic N) is 1. The molecular formula is C13H29N3O2S. The van der Waals surface area contributed by atoms with Crippen molar-refractivity contribution >= 4 is 10.0 Å². The van der Waals surface area contributed by atoms with Gasteiger partial charge in [-0.1, -0.05) is 0 Å². The fourth-order valence-corrected chi connectivity index (χ4v) is 2.70. The highest BCUT2D eigenvalue weighted by Crippen LogP contribution is 2.18. The second-order valence-electron chi connectivity index (χ2n) is 5.86. The molecule has 2 N–H and O–H groups in total. The first kappa shape index (κ1) is 16.9. The lowest BCUT2D eigenvalue weighted by Gasteiger charge is -2.21. The van der Waals surface area contributed by atoms with Crippen molar-refractivity contribution in [3.8, 4) is 0 Å². The average molecular weight is 291 g/mol. The Kier molecular flexibility index (Phi) is 6.73. The Labute approximate surface area is 118 Å². The zero-order valence-corrected chi connectivity index (χ0v) is 13.5. The number of hydrogen-bond acceptors (Lipinski definition) is 4. The number of hydrogen-bond donors (Lipinski definition) is 2. The molecule has 0 aliphatic heterocycles. The second-order valence-corrected chi connectivity index (χ2v) is 8.04. The van der Waals surface area contributed by atoms with E-state index in [-0.39, 0.29) is 5.25 Å². The number of sulfonamides is 1. The van der Waals surface area contributed by atoms with E-state index in [4.69, 9.17) is 0 Å². The average Bonchev–Trinajstić information content (AvgIpc) is 3.15. The van der Waals surface area contributed by atoms with E-state index in [1.165, 1.54) is 12.8 Å².